The van der Waals surface area contributed by atoms with Gasteiger partial charge in [-0.25, -0.2) is 14.6 Å². The molecule has 7 heteroatoms. The molecule has 3 heterocycles. The molecule has 1 N–H and O–H groups in total. The third-order valence-corrected chi connectivity index (χ3v) is 13.6. The highest BCUT2D eigenvalue weighted by Crippen LogP contribution is 2.45. The van der Waals surface area contributed by atoms with Crippen molar-refractivity contribution < 1.29 is 0 Å². The summed E-state index contributed by atoms with van der Waals surface area (Å²) in [5, 5.41) is 15.7. The summed E-state index contributed by atoms with van der Waals surface area (Å²) in [6.45, 7) is 0. The van der Waals surface area contributed by atoms with E-state index in [0.29, 0.717) is 17.9 Å². The van der Waals surface area contributed by atoms with Crippen LogP contribution in [0.2, 0.25) is 0 Å². The molecule has 0 aliphatic carbocycles. The highest BCUT2D eigenvalue weighted by Gasteiger charge is 2.43. The van der Waals surface area contributed by atoms with Gasteiger partial charge in [0.15, 0.2) is 5.65 Å². The lowest BCUT2D eigenvalue weighted by atomic mass is 9.76. The zero-order valence-electron chi connectivity index (χ0n) is 35.5. The van der Waals surface area contributed by atoms with E-state index in [-0.39, 0.29) is 5.92 Å². The summed E-state index contributed by atoms with van der Waals surface area (Å²) in [6.07, 6.45) is 0.650. The Morgan fingerprint density at radius 3 is 1.38 bits per heavy atom. The van der Waals surface area contributed by atoms with E-state index >= 15 is 0 Å². The van der Waals surface area contributed by atoms with Gasteiger partial charge >= 0.3 is 0 Å². The van der Waals surface area contributed by atoms with Gasteiger partial charge in [0.25, 0.3) is 0 Å². The van der Waals surface area contributed by atoms with E-state index in [0.717, 1.165) is 60.5 Å². The second kappa shape index (κ2) is 17.3. The summed E-state index contributed by atoms with van der Waals surface area (Å²) in [5.74, 6) is 0.521. The van der Waals surface area contributed by atoms with Crippen LogP contribution < -0.4 is 5.32 Å². The van der Waals surface area contributed by atoms with Crippen LogP contribution in [-0.4, -0.2) is 25.0 Å². The SMILES string of the molecule is c1ccc(C(Cc2nc3ccccc3s2)c2cc(NC(c3ccccc3)(c3ccccc3)c3ccccc3)nc3c2nnn3C(c2ccccc2)(c2ccccc2)c2ccccc2)cc1. The van der Waals surface area contributed by atoms with Gasteiger partial charge in [0.1, 0.15) is 22.4 Å². The van der Waals surface area contributed by atoms with Crippen molar-refractivity contribution in [1.82, 2.24) is 25.0 Å². The molecule has 0 saturated heterocycles. The summed E-state index contributed by atoms with van der Waals surface area (Å²) in [6, 6.07) is 85.2. The fraction of sp³-hybridized carbons (Fsp3) is 0.0690. The van der Waals surface area contributed by atoms with Gasteiger partial charge in [0, 0.05) is 12.3 Å². The highest BCUT2D eigenvalue weighted by molar-refractivity contribution is 7.18. The number of aromatic nitrogens is 5. The fourth-order valence-corrected chi connectivity index (χ4v) is 10.6. The Balaban J connectivity index is 1.24. The molecule has 11 rings (SSSR count). The van der Waals surface area contributed by atoms with Crippen LogP contribution in [0.25, 0.3) is 21.4 Å². The first-order chi connectivity index (χ1) is 32.2. The number of nitrogens with zero attached hydrogens (tertiary/aromatic N) is 5. The number of hydrogen-bond donors (Lipinski definition) is 1. The van der Waals surface area contributed by atoms with Gasteiger partial charge in [-0.05, 0) is 62.7 Å². The first-order valence-corrected chi connectivity index (χ1v) is 22.8. The predicted molar refractivity (Wildman–Crippen MR) is 264 cm³/mol. The Bertz CT molecular complexity index is 3080. The summed E-state index contributed by atoms with van der Waals surface area (Å²) in [4.78, 5) is 10.9. The van der Waals surface area contributed by atoms with Crippen molar-refractivity contribution in [3.8, 4) is 0 Å². The Hall–Kier alpha value is -8.00. The van der Waals surface area contributed by atoms with Crippen LogP contribution in [0.1, 0.15) is 55.4 Å². The van der Waals surface area contributed by atoms with Crippen molar-refractivity contribution in [1.29, 1.82) is 0 Å². The van der Waals surface area contributed by atoms with Gasteiger partial charge in [0.05, 0.1) is 15.2 Å². The molecule has 0 aliphatic rings. The number of anilines is 1. The average Bonchev–Trinajstić information content (AvgIpc) is 4.01. The van der Waals surface area contributed by atoms with Gasteiger partial charge in [-0.3, -0.25) is 0 Å². The minimum absolute atomic E-state index is 0.160. The molecule has 3 aromatic heterocycles. The third-order valence-electron chi connectivity index (χ3n) is 12.6. The number of nitrogens with one attached hydrogen (secondary N) is 1. The van der Waals surface area contributed by atoms with Gasteiger partial charge in [0.2, 0.25) is 0 Å². The highest BCUT2D eigenvalue weighted by atomic mass is 32.1. The van der Waals surface area contributed by atoms with Crippen molar-refractivity contribution in [2.45, 2.75) is 23.4 Å². The molecule has 0 radical (unpaired) electrons. The zero-order valence-corrected chi connectivity index (χ0v) is 36.3. The maximum absolute atomic E-state index is 5.73. The topological polar surface area (TPSA) is 68.5 Å². The van der Waals surface area contributed by atoms with Crippen molar-refractivity contribution >= 4 is 38.5 Å². The van der Waals surface area contributed by atoms with Crippen LogP contribution >= 0.6 is 11.3 Å². The van der Waals surface area contributed by atoms with E-state index in [1.807, 2.05) is 0 Å². The molecule has 11 aromatic rings. The van der Waals surface area contributed by atoms with E-state index in [1.165, 1.54) is 4.70 Å². The molecular formula is C58H44N6S. The maximum atomic E-state index is 5.73. The second-order valence-electron chi connectivity index (χ2n) is 16.3. The average molecular weight is 857 g/mol. The van der Waals surface area contributed by atoms with E-state index in [9.17, 15) is 0 Å². The molecule has 0 fully saturated rings. The fourth-order valence-electron chi connectivity index (χ4n) is 9.63. The van der Waals surface area contributed by atoms with Crippen molar-refractivity contribution in [3.63, 3.8) is 0 Å². The van der Waals surface area contributed by atoms with E-state index in [4.69, 9.17) is 20.3 Å². The Morgan fingerprint density at radius 1 is 0.477 bits per heavy atom. The lowest BCUT2D eigenvalue weighted by Crippen LogP contribution is -2.39. The first kappa shape index (κ1) is 39.8. The Kier molecular flexibility index (Phi) is 10.6. The smallest absolute Gasteiger partial charge is 0.182 e. The summed E-state index contributed by atoms with van der Waals surface area (Å²) in [7, 11) is 0. The van der Waals surface area contributed by atoms with E-state index in [1.54, 1.807) is 11.3 Å². The number of rotatable bonds is 13. The predicted octanol–water partition coefficient (Wildman–Crippen LogP) is 13.1. The molecule has 0 saturated carbocycles. The van der Waals surface area contributed by atoms with Crippen LogP contribution in [0.3, 0.4) is 0 Å². The molecule has 65 heavy (non-hydrogen) atoms. The Morgan fingerprint density at radius 2 is 0.908 bits per heavy atom. The number of para-hydroxylation sites is 1. The molecule has 6 nitrogen and oxygen atoms in total. The standard InChI is InChI=1S/C58H44N6S/c1-8-24-42(25-9-1)49(41-54-59-51-38-22-23-39-52(51)65-54)50-40-53(61-57(43-26-10-2-11-27-43,44-28-12-3-13-29-44)45-30-14-4-15-31-45)60-56-55(50)62-63-64(56)58(46-32-16-5-17-33-46,47-34-18-6-19-35-47)48-36-20-7-21-37-48/h1-40,49H,41H2,(H,60,61). The number of thiazole rings is 1. The molecule has 0 amide bonds. The number of hydrogen-bond acceptors (Lipinski definition) is 6. The normalized spacial score (nSPS) is 12.3. The summed E-state index contributed by atoms with van der Waals surface area (Å²) in [5.41, 5.74) is 9.04. The minimum Gasteiger partial charge on any atom is -0.353 e. The maximum Gasteiger partial charge on any atom is 0.182 e. The molecule has 0 spiro atoms. The third kappa shape index (κ3) is 7.16. The van der Waals surface area contributed by atoms with Crippen molar-refractivity contribution in [3.05, 3.63) is 292 Å². The molecule has 0 aliphatic heterocycles. The van der Waals surface area contributed by atoms with Crippen molar-refractivity contribution in [2.75, 3.05) is 5.32 Å². The monoisotopic (exact) mass is 856 g/mol. The van der Waals surface area contributed by atoms with E-state index < -0.39 is 11.1 Å². The largest absolute Gasteiger partial charge is 0.353 e. The number of benzene rings is 8. The summed E-state index contributed by atoms with van der Waals surface area (Å²) >= 11 is 1.74. The van der Waals surface area contributed by atoms with Gasteiger partial charge < -0.3 is 5.32 Å². The molecule has 1 unspecified atom stereocenters. The zero-order chi connectivity index (χ0) is 43.5. The van der Waals surface area contributed by atoms with Crippen LogP contribution in [0.4, 0.5) is 5.82 Å². The first-order valence-electron chi connectivity index (χ1n) is 22.0. The quantitative estimate of drug-likeness (QED) is 0.117. The molecular weight excluding hydrogens is 813 g/mol. The molecule has 8 aromatic carbocycles. The van der Waals surface area contributed by atoms with Crippen LogP contribution in [-0.2, 0) is 17.5 Å². The molecule has 1 atom stereocenters. The van der Waals surface area contributed by atoms with Crippen LogP contribution in [0.5, 0.6) is 0 Å². The van der Waals surface area contributed by atoms with Crippen molar-refractivity contribution in [2.24, 2.45) is 0 Å². The van der Waals surface area contributed by atoms with Gasteiger partial charge in [-0.15, -0.1) is 16.4 Å². The molecule has 0 bridgehead atoms. The Labute approximate surface area is 382 Å². The second-order valence-corrected chi connectivity index (χ2v) is 17.4. The number of pyridine rings is 1. The molecule has 312 valence electrons. The lowest BCUT2D eigenvalue weighted by molar-refractivity contribution is 0.457. The summed E-state index contributed by atoms with van der Waals surface area (Å²) < 4.78 is 3.23. The van der Waals surface area contributed by atoms with Gasteiger partial charge in [-0.1, -0.05) is 230 Å². The minimum atomic E-state index is -0.966. The lowest BCUT2D eigenvalue weighted by Gasteiger charge is -2.38. The van der Waals surface area contributed by atoms with Crippen LogP contribution in [0, 0.1) is 0 Å². The van der Waals surface area contributed by atoms with E-state index in [2.05, 4.69) is 253 Å². The number of fused-ring (bicyclic) bond motifs is 2. The van der Waals surface area contributed by atoms with Gasteiger partial charge in [-0.2, -0.15) is 0 Å². The van der Waals surface area contributed by atoms with Crippen LogP contribution in [0.15, 0.2) is 243 Å².